The maximum atomic E-state index is 11.6. The van der Waals surface area contributed by atoms with Crippen LogP contribution in [0.5, 0.6) is 0 Å². The summed E-state index contributed by atoms with van der Waals surface area (Å²) in [6.45, 7) is 5.71. The van der Waals surface area contributed by atoms with E-state index in [-0.39, 0.29) is 11.7 Å². The highest BCUT2D eigenvalue weighted by atomic mass is 16.1. The van der Waals surface area contributed by atoms with Crippen molar-refractivity contribution in [3.8, 4) is 0 Å². The van der Waals surface area contributed by atoms with Gasteiger partial charge in [0, 0.05) is 22.6 Å². The third kappa shape index (κ3) is 3.21. The topological polar surface area (TPSA) is 54.9 Å². The molecule has 0 amide bonds. The van der Waals surface area contributed by atoms with Crippen molar-refractivity contribution in [3.05, 3.63) is 59.9 Å². The third-order valence-corrected chi connectivity index (χ3v) is 3.67. The molecule has 3 rings (SSSR count). The van der Waals surface area contributed by atoms with E-state index in [2.05, 4.69) is 29.1 Å². The van der Waals surface area contributed by atoms with Gasteiger partial charge in [-0.1, -0.05) is 38.1 Å². The fraction of sp³-hybridized carbons (Fsp3) is 0.211. The van der Waals surface area contributed by atoms with Gasteiger partial charge in [0.2, 0.25) is 0 Å². The lowest BCUT2D eigenvalue weighted by Crippen LogP contribution is -2.03. The van der Waals surface area contributed by atoms with Crippen LogP contribution in [0, 0.1) is 0 Å². The lowest BCUT2D eigenvalue weighted by molar-refractivity contribution is 0.101. The zero-order valence-electron chi connectivity index (χ0n) is 13.5. The fourth-order valence-electron chi connectivity index (χ4n) is 2.40. The number of fused-ring (bicyclic) bond motifs is 1. The normalized spacial score (nSPS) is 11.0. The number of carbonyl (C=O) groups excluding carboxylic acids is 1. The second kappa shape index (κ2) is 6.16. The monoisotopic (exact) mass is 305 g/mol. The van der Waals surface area contributed by atoms with Crippen LogP contribution in [-0.4, -0.2) is 15.8 Å². The number of hydrogen-bond donors (Lipinski definition) is 1. The number of benzene rings is 2. The molecule has 0 bridgehead atoms. The van der Waals surface area contributed by atoms with Crippen LogP contribution < -0.4 is 5.32 Å². The SMILES string of the molecule is CC(=O)c1cccc(Nc2nc(C(C)C)nc3ccccc23)c1. The van der Waals surface area contributed by atoms with Gasteiger partial charge in [0.1, 0.15) is 11.6 Å². The lowest BCUT2D eigenvalue weighted by Gasteiger charge is -2.12. The molecule has 0 spiro atoms. The van der Waals surface area contributed by atoms with Crippen molar-refractivity contribution in [1.82, 2.24) is 9.97 Å². The van der Waals surface area contributed by atoms with E-state index in [1.54, 1.807) is 6.92 Å². The van der Waals surface area contributed by atoms with Gasteiger partial charge < -0.3 is 5.32 Å². The Balaban J connectivity index is 2.08. The quantitative estimate of drug-likeness (QED) is 0.710. The molecule has 0 radical (unpaired) electrons. The first-order chi connectivity index (χ1) is 11.0. The summed E-state index contributed by atoms with van der Waals surface area (Å²) >= 11 is 0. The summed E-state index contributed by atoms with van der Waals surface area (Å²) < 4.78 is 0. The van der Waals surface area contributed by atoms with E-state index >= 15 is 0 Å². The highest BCUT2D eigenvalue weighted by Gasteiger charge is 2.10. The molecule has 1 N–H and O–H groups in total. The summed E-state index contributed by atoms with van der Waals surface area (Å²) in [6.07, 6.45) is 0. The second-order valence-electron chi connectivity index (χ2n) is 5.86. The Bertz CT molecular complexity index is 871. The van der Waals surface area contributed by atoms with Gasteiger partial charge in [-0.05, 0) is 31.2 Å². The number of carbonyl (C=O) groups is 1. The second-order valence-corrected chi connectivity index (χ2v) is 5.86. The Labute approximate surface area is 135 Å². The largest absolute Gasteiger partial charge is 0.340 e. The van der Waals surface area contributed by atoms with Gasteiger partial charge in [-0.3, -0.25) is 4.79 Å². The molecule has 0 saturated carbocycles. The molecule has 1 aromatic heterocycles. The van der Waals surface area contributed by atoms with E-state index in [0.29, 0.717) is 5.56 Å². The summed E-state index contributed by atoms with van der Waals surface area (Å²) in [5.74, 6) is 1.85. The van der Waals surface area contributed by atoms with Crippen molar-refractivity contribution in [3.63, 3.8) is 0 Å². The molecule has 116 valence electrons. The van der Waals surface area contributed by atoms with Gasteiger partial charge in [0.25, 0.3) is 0 Å². The van der Waals surface area contributed by atoms with Gasteiger partial charge in [-0.15, -0.1) is 0 Å². The minimum Gasteiger partial charge on any atom is -0.340 e. The summed E-state index contributed by atoms with van der Waals surface area (Å²) in [7, 11) is 0. The van der Waals surface area contributed by atoms with Crippen LogP contribution in [0.4, 0.5) is 11.5 Å². The number of aromatic nitrogens is 2. The molecule has 0 saturated heterocycles. The van der Waals surface area contributed by atoms with Crippen molar-refractivity contribution in [2.24, 2.45) is 0 Å². The number of ketones is 1. The van der Waals surface area contributed by atoms with E-state index in [1.165, 1.54) is 0 Å². The highest BCUT2D eigenvalue weighted by Crippen LogP contribution is 2.26. The lowest BCUT2D eigenvalue weighted by atomic mass is 10.1. The Morgan fingerprint density at radius 1 is 1.04 bits per heavy atom. The average molecular weight is 305 g/mol. The van der Waals surface area contributed by atoms with Crippen LogP contribution in [0.1, 0.15) is 42.9 Å². The average Bonchev–Trinajstić information content (AvgIpc) is 2.55. The summed E-state index contributed by atoms with van der Waals surface area (Å²) in [6, 6.07) is 15.4. The van der Waals surface area contributed by atoms with Crippen LogP contribution in [0.2, 0.25) is 0 Å². The van der Waals surface area contributed by atoms with E-state index in [9.17, 15) is 4.79 Å². The molecule has 2 aromatic carbocycles. The Hall–Kier alpha value is -2.75. The van der Waals surface area contributed by atoms with Gasteiger partial charge in [0.05, 0.1) is 5.52 Å². The van der Waals surface area contributed by atoms with E-state index in [0.717, 1.165) is 28.2 Å². The standard InChI is InChI=1S/C19H19N3O/c1-12(2)18-21-17-10-5-4-9-16(17)19(22-18)20-15-8-6-7-14(11-15)13(3)23/h4-12H,1-3H3,(H,20,21,22). The smallest absolute Gasteiger partial charge is 0.159 e. The molecule has 4 heteroatoms. The molecule has 3 aromatic rings. The molecule has 23 heavy (non-hydrogen) atoms. The Morgan fingerprint density at radius 2 is 1.83 bits per heavy atom. The van der Waals surface area contributed by atoms with Crippen LogP contribution in [0.25, 0.3) is 10.9 Å². The van der Waals surface area contributed by atoms with Crippen molar-refractivity contribution in [1.29, 1.82) is 0 Å². The molecular weight excluding hydrogens is 286 g/mol. The van der Waals surface area contributed by atoms with Gasteiger partial charge >= 0.3 is 0 Å². The molecule has 1 heterocycles. The zero-order valence-corrected chi connectivity index (χ0v) is 13.5. The van der Waals surface area contributed by atoms with Gasteiger partial charge in [-0.25, -0.2) is 9.97 Å². The predicted octanol–water partition coefficient (Wildman–Crippen LogP) is 4.70. The first-order valence-corrected chi connectivity index (χ1v) is 7.69. The van der Waals surface area contributed by atoms with Crippen molar-refractivity contribution < 1.29 is 4.79 Å². The maximum absolute atomic E-state index is 11.6. The number of Topliss-reactive ketones (excluding diaryl/α,β-unsaturated/α-hetero) is 1. The van der Waals surface area contributed by atoms with Gasteiger partial charge in [-0.2, -0.15) is 0 Å². The number of nitrogens with zero attached hydrogens (tertiary/aromatic N) is 2. The van der Waals surface area contributed by atoms with Crippen LogP contribution in [-0.2, 0) is 0 Å². The van der Waals surface area contributed by atoms with E-state index in [1.807, 2.05) is 48.5 Å². The van der Waals surface area contributed by atoms with Crippen molar-refractivity contribution in [2.45, 2.75) is 26.7 Å². The van der Waals surface area contributed by atoms with Crippen LogP contribution in [0.15, 0.2) is 48.5 Å². The third-order valence-electron chi connectivity index (χ3n) is 3.67. The number of hydrogen-bond acceptors (Lipinski definition) is 4. The number of rotatable bonds is 4. The number of para-hydroxylation sites is 1. The minimum atomic E-state index is 0.0454. The molecule has 4 nitrogen and oxygen atoms in total. The van der Waals surface area contributed by atoms with E-state index in [4.69, 9.17) is 0 Å². The predicted molar refractivity (Wildman–Crippen MR) is 93.4 cm³/mol. The van der Waals surface area contributed by atoms with Crippen LogP contribution >= 0.6 is 0 Å². The number of nitrogens with one attached hydrogen (secondary N) is 1. The molecular formula is C19H19N3O. The van der Waals surface area contributed by atoms with Gasteiger partial charge in [0.15, 0.2) is 5.78 Å². The first-order valence-electron chi connectivity index (χ1n) is 7.69. The zero-order chi connectivity index (χ0) is 16.4. The summed E-state index contributed by atoms with van der Waals surface area (Å²) in [4.78, 5) is 20.8. The molecule has 0 unspecified atom stereocenters. The maximum Gasteiger partial charge on any atom is 0.159 e. The number of anilines is 2. The first kappa shape index (κ1) is 15.2. The van der Waals surface area contributed by atoms with Crippen LogP contribution in [0.3, 0.4) is 0 Å². The molecule has 0 atom stereocenters. The highest BCUT2D eigenvalue weighted by molar-refractivity contribution is 5.96. The molecule has 0 aliphatic rings. The Kier molecular flexibility index (Phi) is 4.06. The molecule has 0 fully saturated rings. The Morgan fingerprint density at radius 3 is 2.57 bits per heavy atom. The van der Waals surface area contributed by atoms with Crippen molar-refractivity contribution in [2.75, 3.05) is 5.32 Å². The minimum absolute atomic E-state index is 0.0454. The van der Waals surface area contributed by atoms with Crippen molar-refractivity contribution >= 4 is 28.2 Å². The fourth-order valence-corrected chi connectivity index (χ4v) is 2.40. The molecule has 0 aliphatic heterocycles. The molecule has 0 aliphatic carbocycles. The van der Waals surface area contributed by atoms with E-state index < -0.39 is 0 Å². The summed E-state index contributed by atoms with van der Waals surface area (Å²) in [5.41, 5.74) is 2.44. The summed E-state index contributed by atoms with van der Waals surface area (Å²) in [5, 5.41) is 4.30.